The van der Waals surface area contributed by atoms with Crippen LogP contribution in [0.3, 0.4) is 0 Å². The molecule has 2 N–H and O–H groups in total. The van der Waals surface area contributed by atoms with Crippen LogP contribution in [0.4, 0.5) is 4.39 Å². The van der Waals surface area contributed by atoms with Crippen LogP contribution >= 0.6 is 0 Å². The molecule has 0 unspecified atom stereocenters. The molecule has 0 fully saturated rings. The molecule has 1 rings (SSSR count). The van der Waals surface area contributed by atoms with E-state index in [0.29, 0.717) is 6.61 Å². The summed E-state index contributed by atoms with van der Waals surface area (Å²) in [6, 6.07) is 2.56. The number of halogens is 1. The fraction of sp³-hybridized carbons (Fsp3) is 0.364. The summed E-state index contributed by atoms with van der Waals surface area (Å²) in [4.78, 5) is 11.1. The van der Waals surface area contributed by atoms with E-state index in [9.17, 15) is 17.6 Å². The summed E-state index contributed by atoms with van der Waals surface area (Å²) in [5.41, 5.74) is -0.222. The number of sulfonamides is 1. The van der Waals surface area contributed by atoms with Gasteiger partial charge in [0.1, 0.15) is 12.4 Å². The zero-order chi connectivity index (χ0) is 14.5. The molecule has 106 valence electrons. The Morgan fingerprint density at radius 3 is 2.58 bits per heavy atom. The van der Waals surface area contributed by atoms with Crippen LogP contribution in [0.5, 0.6) is 0 Å². The molecule has 0 amide bonds. The minimum Gasteiger partial charge on any atom is -0.460 e. The van der Waals surface area contributed by atoms with Crippen LogP contribution in [0.15, 0.2) is 23.1 Å². The van der Waals surface area contributed by atoms with Gasteiger partial charge in [-0.3, -0.25) is 0 Å². The average Bonchev–Trinajstić information content (AvgIpc) is 2.32. The van der Waals surface area contributed by atoms with Crippen LogP contribution in [0, 0.1) is 5.82 Å². The zero-order valence-electron chi connectivity index (χ0n) is 10.3. The average molecular weight is 291 g/mol. The molecule has 19 heavy (non-hydrogen) atoms. The minimum atomic E-state index is -4.08. The summed E-state index contributed by atoms with van der Waals surface area (Å²) in [5, 5.41) is 4.87. The van der Waals surface area contributed by atoms with E-state index >= 15 is 0 Å². The van der Waals surface area contributed by atoms with Crippen LogP contribution in [-0.4, -0.2) is 34.2 Å². The first-order valence-electron chi connectivity index (χ1n) is 5.43. The lowest BCUT2D eigenvalue weighted by atomic mass is 10.2. The summed E-state index contributed by atoms with van der Waals surface area (Å²) in [6.07, 6.45) is 0. The van der Waals surface area contributed by atoms with Gasteiger partial charge in [0.25, 0.3) is 0 Å². The highest BCUT2D eigenvalue weighted by molar-refractivity contribution is 7.89. The minimum absolute atomic E-state index is 0.00606. The second-order valence-electron chi connectivity index (χ2n) is 3.55. The van der Waals surface area contributed by atoms with Crippen LogP contribution < -0.4 is 5.14 Å². The van der Waals surface area contributed by atoms with Gasteiger partial charge in [0, 0.05) is 6.61 Å². The van der Waals surface area contributed by atoms with E-state index in [4.69, 9.17) is 14.6 Å². The Kier molecular flexibility index (Phi) is 5.40. The van der Waals surface area contributed by atoms with Crippen LogP contribution in [0.1, 0.15) is 17.3 Å². The fourth-order valence-corrected chi connectivity index (χ4v) is 1.83. The van der Waals surface area contributed by atoms with Crippen molar-refractivity contribution in [3.8, 4) is 0 Å². The number of carbonyl (C=O) groups is 1. The summed E-state index contributed by atoms with van der Waals surface area (Å²) in [6.45, 7) is 2.47. The first kappa shape index (κ1) is 15.5. The molecule has 1 aromatic carbocycles. The SMILES string of the molecule is CCOCCOC(=O)c1cc(F)cc(S(N)(=O)=O)c1. The predicted octanol–water partition coefficient (Wildman–Crippen LogP) is 0.666. The molecule has 8 heteroatoms. The molecule has 0 aromatic heterocycles. The molecule has 0 aliphatic rings. The van der Waals surface area contributed by atoms with Gasteiger partial charge in [0.2, 0.25) is 10.0 Å². The monoisotopic (exact) mass is 291 g/mol. The van der Waals surface area contributed by atoms with Gasteiger partial charge < -0.3 is 9.47 Å². The summed E-state index contributed by atoms with van der Waals surface area (Å²) < 4.78 is 45.1. The Bertz CT molecular complexity index is 558. The first-order valence-corrected chi connectivity index (χ1v) is 6.97. The largest absolute Gasteiger partial charge is 0.460 e. The third-order valence-electron chi connectivity index (χ3n) is 2.10. The molecule has 6 nitrogen and oxygen atoms in total. The van der Waals surface area contributed by atoms with Crippen LogP contribution in [0.25, 0.3) is 0 Å². The molecule has 1 aromatic rings. The number of esters is 1. The van der Waals surface area contributed by atoms with E-state index in [1.165, 1.54) is 0 Å². The second-order valence-corrected chi connectivity index (χ2v) is 5.11. The smallest absolute Gasteiger partial charge is 0.338 e. The number of hydrogen-bond donors (Lipinski definition) is 1. The van der Waals surface area contributed by atoms with E-state index in [2.05, 4.69) is 0 Å². The summed E-state index contributed by atoms with van der Waals surface area (Å²) >= 11 is 0. The molecule has 0 saturated carbocycles. The molecule has 0 heterocycles. The van der Waals surface area contributed by atoms with E-state index in [-0.39, 0.29) is 18.8 Å². The van der Waals surface area contributed by atoms with Gasteiger partial charge in [-0.05, 0) is 25.1 Å². The van der Waals surface area contributed by atoms with Gasteiger partial charge in [-0.25, -0.2) is 22.7 Å². The van der Waals surface area contributed by atoms with Crippen LogP contribution in [-0.2, 0) is 19.5 Å². The number of hydrogen-bond acceptors (Lipinski definition) is 5. The van der Waals surface area contributed by atoms with Crippen molar-refractivity contribution in [2.24, 2.45) is 5.14 Å². The Morgan fingerprint density at radius 1 is 1.32 bits per heavy atom. The lowest BCUT2D eigenvalue weighted by molar-refractivity contribution is 0.0334. The first-order chi connectivity index (χ1) is 8.84. The highest BCUT2D eigenvalue weighted by Crippen LogP contribution is 2.14. The number of rotatable bonds is 6. The number of ether oxygens (including phenoxy) is 2. The third-order valence-corrected chi connectivity index (χ3v) is 2.99. The molecular formula is C11H14FNO5S. The second kappa shape index (κ2) is 6.60. The van der Waals surface area contributed by atoms with Gasteiger partial charge in [-0.15, -0.1) is 0 Å². The van der Waals surface area contributed by atoms with E-state index in [0.717, 1.165) is 18.2 Å². The van der Waals surface area contributed by atoms with Crippen molar-refractivity contribution in [1.82, 2.24) is 0 Å². The maximum Gasteiger partial charge on any atom is 0.338 e. The van der Waals surface area contributed by atoms with Crippen molar-refractivity contribution >= 4 is 16.0 Å². The molecule has 0 saturated heterocycles. The highest BCUT2D eigenvalue weighted by atomic mass is 32.2. The van der Waals surface area contributed by atoms with Crippen molar-refractivity contribution in [2.45, 2.75) is 11.8 Å². The number of primary sulfonamides is 1. The molecule has 0 atom stereocenters. The lowest BCUT2D eigenvalue weighted by Gasteiger charge is -2.06. The molecule has 0 bridgehead atoms. The maximum atomic E-state index is 13.2. The summed E-state index contributed by atoms with van der Waals surface area (Å²) in [5.74, 6) is -1.73. The topological polar surface area (TPSA) is 95.7 Å². The Balaban J connectivity index is 2.83. The van der Waals surface area contributed by atoms with Gasteiger partial charge in [-0.2, -0.15) is 0 Å². The standard InChI is InChI=1S/C11H14FNO5S/c1-2-17-3-4-18-11(14)8-5-9(12)7-10(6-8)19(13,15)16/h5-7H,2-4H2,1H3,(H2,13,15,16). The number of nitrogens with two attached hydrogens (primary N) is 1. The zero-order valence-corrected chi connectivity index (χ0v) is 11.1. The van der Waals surface area contributed by atoms with Crippen molar-refractivity contribution in [1.29, 1.82) is 0 Å². The molecule has 0 spiro atoms. The quantitative estimate of drug-likeness (QED) is 0.614. The van der Waals surface area contributed by atoms with Gasteiger partial charge >= 0.3 is 5.97 Å². The number of benzene rings is 1. The van der Waals surface area contributed by atoms with E-state index in [1.54, 1.807) is 6.92 Å². The van der Waals surface area contributed by atoms with E-state index < -0.39 is 26.7 Å². The molecule has 0 aliphatic heterocycles. The Labute approximate surface area is 110 Å². The van der Waals surface area contributed by atoms with Gasteiger partial charge in [-0.1, -0.05) is 0 Å². The summed E-state index contributed by atoms with van der Waals surface area (Å²) in [7, 11) is -4.08. The van der Waals surface area contributed by atoms with Crippen molar-refractivity contribution < 1.29 is 27.1 Å². The van der Waals surface area contributed by atoms with E-state index in [1.807, 2.05) is 0 Å². The third kappa shape index (κ3) is 4.93. The molecule has 0 radical (unpaired) electrons. The van der Waals surface area contributed by atoms with Crippen molar-refractivity contribution in [3.63, 3.8) is 0 Å². The van der Waals surface area contributed by atoms with Crippen LogP contribution in [0.2, 0.25) is 0 Å². The normalized spacial score (nSPS) is 11.3. The fourth-order valence-electron chi connectivity index (χ4n) is 1.27. The Hall–Kier alpha value is -1.51. The Morgan fingerprint density at radius 2 is 2.00 bits per heavy atom. The van der Waals surface area contributed by atoms with Crippen molar-refractivity contribution in [3.05, 3.63) is 29.6 Å². The van der Waals surface area contributed by atoms with Gasteiger partial charge in [0.15, 0.2) is 0 Å². The molecular weight excluding hydrogens is 277 g/mol. The highest BCUT2D eigenvalue weighted by Gasteiger charge is 2.15. The number of carbonyl (C=O) groups excluding carboxylic acids is 1. The van der Waals surface area contributed by atoms with Crippen molar-refractivity contribution in [2.75, 3.05) is 19.8 Å². The molecule has 0 aliphatic carbocycles. The lowest BCUT2D eigenvalue weighted by Crippen LogP contribution is -2.15. The maximum absolute atomic E-state index is 13.2. The van der Waals surface area contributed by atoms with Gasteiger partial charge in [0.05, 0.1) is 17.1 Å². The predicted molar refractivity (Wildman–Crippen MR) is 64.5 cm³/mol.